The van der Waals surface area contributed by atoms with Crippen LogP contribution in [0.1, 0.15) is 29.7 Å². The molecule has 7 nitrogen and oxygen atoms in total. The van der Waals surface area contributed by atoms with Crippen molar-refractivity contribution in [1.29, 1.82) is 0 Å². The van der Waals surface area contributed by atoms with E-state index in [-0.39, 0.29) is 5.91 Å². The predicted octanol–water partition coefficient (Wildman–Crippen LogP) is 2.97. The predicted molar refractivity (Wildman–Crippen MR) is 115 cm³/mol. The lowest BCUT2D eigenvalue weighted by Gasteiger charge is -2.46. The standard InChI is InChI=1S/C23H27N5O2/c1-16-13-25-22(26-17(16)2)27-9-7-23(8-10-27)21(29)28(11-12-30-23)15-18-14-24-20-6-4-3-5-19(18)20/h3-6,13-14,24H,7-12,15H2,1-2H3. The van der Waals surface area contributed by atoms with E-state index in [1.807, 2.05) is 43.3 Å². The summed E-state index contributed by atoms with van der Waals surface area (Å²) >= 11 is 0. The molecule has 2 saturated heterocycles. The molecule has 0 unspecified atom stereocenters. The van der Waals surface area contributed by atoms with Crippen LogP contribution in [0.15, 0.2) is 36.7 Å². The summed E-state index contributed by atoms with van der Waals surface area (Å²) in [6, 6.07) is 8.22. The van der Waals surface area contributed by atoms with Crippen molar-refractivity contribution in [3.63, 3.8) is 0 Å². The summed E-state index contributed by atoms with van der Waals surface area (Å²) in [6.45, 7) is 7.27. The second-order valence-corrected chi connectivity index (χ2v) is 8.35. The number of hydrogen-bond donors (Lipinski definition) is 1. The summed E-state index contributed by atoms with van der Waals surface area (Å²) in [7, 11) is 0. The summed E-state index contributed by atoms with van der Waals surface area (Å²) in [5, 5.41) is 1.17. The molecule has 2 aliphatic heterocycles. The molecule has 4 heterocycles. The molecule has 2 aliphatic rings. The number of carbonyl (C=O) groups excluding carboxylic acids is 1. The van der Waals surface area contributed by atoms with Crippen molar-refractivity contribution in [2.45, 2.75) is 38.8 Å². The van der Waals surface area contributed by atoms with Crippen LogP contribution in [0.25, 0.3) is 10.9 Å². The minimum atomic E-state index is -0.722. The van der Waals surface area contributed by atoms with Crippen molar-refractivity contribution < 1.29 is 9.53 Å². The number of rotatable bonds is 3. The molecule has 1 spiro atoms. The number of carbonyl (C=O) groups is 1. The molecule has 2 fully saturated rings. The molecule has 0 bridgehead atoms. The first-order valence-electron chi connectivity index (χ1n) is 10.6. The van der Waals surface area contributed by atoms with Crippen LogP contribution in [0.5, 0.6) is 0 Å². The van der Waals surface area contributed by atoms with Crippen LogP contribution in [0, 0.1) is 13.8 Å². The maximum Gasteiger partial charge on any atom is 0.255 e. The van der Waals surface area contributed by atoms with Crippen molar-refractivity contribution in [1.82, 2.24) is 19.9 Å². The number of amides is 1. The van der Waals surface area contributed by atoms with Crippen molar-refractivity contribution >= 4 is 22.8 Å². The molecule has 2 aromatic heterocycles. The molecule has 7 heteroatoms. The van der Waals surface area contributed by atoms with E-state index in [4.69, 9.17) is 4.74 Å². The molecule has 30 heavy (non-hydrogen) atoms. The third-order valence-electron chi connectivity index (χ3n) is 6.52. The monoisotopic (exact) mass is 405 g/mol. The number of piperidine rings is 1. The average molecular weight is 406 g/mol. The zero-order chi connectivity index (χ0) is 20.7. The average Bonchev–Trinajstić information content (AvgIpc) is 3.17. The van der Waals surface area contributed by atoms with Gasteiger partial charge in [-0.3, -0.25) is 4.79 Å². The first kappa shape index (κ1) is 19.1. The maximum absolute atomic E-state index is 13.4. The zero-order valence-electron chi connectivity index (χ0n) is 17.5. The highest BCUT2D eigenvalue weighted by Crippen LogP contribution is 2.33. The fraction of sp³-hybridized carbons (Fsp3) is 0.435. The highest BCUT2D eigenvalue weighted by Gasteiger charge is 2.47. The third kappa shape index (κ3) is 3.23. The van der Waals surface area contributed by atoms with Crippen LogP contribution in [-0.4, -0.2) is 57.6 Å². The topological polar surface area (TPSA) is 74.3 Å². The minimum absolute atomic E-state index is 0.111. The van der Waals surface area contributed by atoms with Crippen molar-refractivity contribution in [3.05, 3.63) is 53.5 Å². The molecule has 1 aromatic carbocycles. The van der Waals surface area contributed by atoms with E-state index >= 15 is 0 Å². The quantitative estimate of drug-likeness (QED) is 0.725. The Morgan fingerprint density at radius 1 is 1.17 bits per heavy atom. The Labute approximate surface area is 176 Å². The Morgan fingerprint density at radius 3 is 2.77 bits per heavy atom. The van der Waals surface area contributed by atoms with E-state index in [9.17, 15) is 4.79 Å². The van der Waals surface area contributed by atoms with Gasteiger partial charge in [0.2, 0.25) is 5.95 Å². The highest BCUT2D eigenvalue weighted by molar-refractivity contribution is 5.88. The van der Waals surface area contributed by atoms with E-state index < -0.39 is 5.60 Å². The lowest BCUT2D eigenvalue weighted by atomic mass is 9.88. The molecule has 1 amide bonds. The Morgan fingerprint density at radius 2 is 1.97 bits per heavy atom. The number of hydrogen-bond acceptors (Lipinski definition) is 5. The van der Waals surface area contributed by atoms with Gasteiger partial charge < -0.3 is 19.5 Å². The van der Waals surface area contributed by atoms with Crippen LogP contribution in [0.2, 0.25) is 0 Å². The normalized spacial score (nSPS) is 19.1. The molecule has 156 valence electrons. The lowest BCUT2D eigenvalue weighted by molar-refractivity contribution is -0.176. The van der Waals surface area contributed by atoms with Gasteiger partial charge in [-0.05, 0) is 31.0 Å². The van der Waals surface area contributed by atoms with Gasteiger partial charge in [0.05, 0.1) is 6.61 Å². The first-order chi connectivity index (χ1) is 14.6. The Kier molecular flexibility index (Phi) is 4.70. The molecule has 3 aromatic rings. The van der Waals surface area contributed by atoms with Crippen LogP contribution in [0.3, 0.4) is 0 Å². The first-order valence-corrected chi connectivity index (χ1v) is 10.6. The largest absolute Gasteiger partial charge is 0.363 e. The number of fused-ring (bicyclic) bond motifs is 1. The van der Waals surface area contributed by atoms with Crippen LogP contribution >= 0.6 is 0 Å². The number of aryl methyl sites for hydroxylation is 2. The van der Waals surface area contributed by atoms with Gasteiger partial charge in [0.1, 0.15) is 5.60 Å². The fourth-order valence-electron chi connectivity index (χ4n) is 4.52. The molecule has 0 saturated carbocycles. The number of H-pyrrole nitrogens is 1. The van der Waals surface area contributed by atoms with E-state index in [0.717, 1.165) is 41.4 Å². The smallest absolute Gasteiger partial charge is 0.255 e. The summed E-state index contributed by atoms with van der Waals surface area (Å²) in [5.41, 5.74) is 3.61. The van der Waals surface area contributed by atoms with Gasteiger partial charge >= 0.3 is 0 Å². The minimum Gasteiger partial charge on any atom is -0.363 e. The number of ether oxygens (including phenoxy) is 1. The van der Waals surface area contributed by atoms with Gasteiger partial charge in [0, 0.05) is 68.0 Å². The fourth-order valence-corrected chi connectivity index (χ4v) is 4.52. The number of benzene rings is 1. The van der Waals surface area contributed by atoms with Gasteiger partial charge in [-0.1, -0.05) is 18.2 Å². The molecular formula is C23H27N5O2. The van der Waals surface area contributed by atoms with E-state index in [2.05, 4.69) is 32.0 Å². The third-order valence-corrected chi connectivity index (χ3v) is 6.52. The van der Waals surface area contributed by atoms with Crippen molar-refractivity contribution in [2.75, 3.05) is 31.1 Å². The zero-order valence-corrected chi connectivity index (χ0v) is 17.5. The number of aromatic amines is 1. The Balaban J connectivity index is 1.30. The molecule has 0 atom stereocenters. The van der Waals surface area contributed by atoms with E-state index in [0.29, 0.717) is 32.5 Å². The number of aromatic nitrogens is 3. The second-order valence-electron chi connectivity index (χ2n) is 8.35. The van der Waals surface area contributed by atoms with E-state index in [1.165, 1.54) is 5.39 Å². The molecular weight excluding hydrogens is 378 g/mol. The van der Waals surface area contributed by atoms with E-state index in [1.54, 1.807) is 0 Å². The summed E-state index contributed by atoms with van der Waals surface area (Å²) < 4.78 is 6.12. The van der Waals surface area contributed by atoms with Crippen LogP contribution in [-0.2, 0) is 16.1 Å². The summed E-state index contributed by atoms with van der Waals surface area (Å²) in [5.74, 6) is 0.853. The number of anilines is 1. The molecule has 5 rings (SSSR count). The number of nitrogens with zero attached hydrogens (tertiary/aromatic N) is 4. The molecule has 1 N–H and O–H groups in total. The van der Waals surface area contributed by atoms with Crippen molar-refractivity contribution in [3.8, 4) is 0 Å². The SMILES string of the molecule is Cc1cnc(N2CCC3(CC2)OCCN(Cc2c[nH]c4ccccc24)C3=O)nc1C. The number of morpholine rings is 1. The summed E-state index contributed by atoms with van der Waals surface area (Å²) in [4.78, 5) is 30.0. The Bertz CT molecular complexity index is 1080. The van der Waals surface area contributed by atoms with Crippen molar-refractivity contribution in [2.24, 2.45) is 0 Å². The van der Waals surface area contributed by atoms with Gasteiger partial charge in [0.15, 0.2) is 0 Å². The highest BCUT2D eigenvalue weighted by atomic mass is 16.5. The van der Waals surface area contributed by atoms with Gasteiger partial charge in [-0.2, -0.15) is 0 Å². The number of nitrogens with one attached hydrogen (secondary N) is 1. The maximum atomic E-state index is 13.4. The van der Waals surface area contributed by atoms with Crippen LogP contribution < -0.4 is 4.90 Å². The summed E-state index contributed by atoms with van der Waals surface area (Å²) in [6.07, 6.45) is 5.20. The second kappa shape index (κ2) is 7.40. The molecule has 0 radical (unpaired) electrons. The number of para-hydroxylation sites is 1. The van der Waals surface area contributed by atoms with Gasteiger partial charge in [0.25, 0.3) is 5.91 Å². The van der Waals surface area contributed by atoms with Crippen LogP contribution in [0.4, 0.5) is 5.95 Å². The lowest BCUT2D eigenvalue weighted by Crippen LogP contribution is -2.60. The Hall–Kier alpha value is -2.93. The van der Waals surface area contributed by atoms with Gasteiger partial charge in [-0.25, -0.2) is 9.97 Å². The molecule has 0 aliphatic carbocycles. The van der Waals surface area contributed by atoms with Gasteiger partial charge in [-0.15, -0.1) is 0 Å².